The van der Waals surface area contributed by atoms with E-state index in [1.165, 1.54) is 17.6 Å². The quantitative estimate of drug-likeness (QED) is 0.839. The van der Waals surface area contributed by atoms with Crippen molar-refractivity contribution in [2.24, 2.45) is 0 Å². The number of aryl methyl sites for hydroxylation is 1. The molecule has 136 valence electrons. The Balaban J connectivity index is 1.44. The number of anilines is 1. The molecule has 7 nitrogen and oxygen atoms in total. The van der Waals surface area contributed by atoms with E-state index in [1.54, 1.807) is 17.5 Å². The molecule has 0 aromatic carbocycles. The smallest absolute Gasteiger partial charge is 0.287 e. The van der Waals surface area contributed by atoms with Gasteiger partial charge in [0.25, 0.3) is 5.91 Å². The first-order valence-corrected chi connectivity index (χ1v) is 9.29. The molecule has 2 aromatic heterocycles. The maximum atomic E-state index is 12.2. The fourth-order valence-corrected chi connectivity index (χ4v) is 3.71. The van der Waals surface area contributed by atoms with Gasteiger partial charge in [0, 0.05) is 24.7 Å². The summed E-state index contributed by atoms with van der Waals surface area (Å²) in [4.78, 5) is 26.4. The summed E-state index contributed by atoms with van der Waals surface area (Å²) in [6.45, 7) is 3.57. The Kier molecular flexibility index (Phi) is 5.71. The van der Waals surface area contributed by atoms with Crippen LogP contribution in [0.15, 0.2) is 28.2 Å². The molecule has 3 rings (SSSR count). The van der Waals surface area contributed by atoms with E-state index < -0.39 is 0 Å². The van der Waals surface area contributed by atoms with Crippen molar-refractivity contribution in [1.82, 2.24) is 10.2 Å². The number of hydrogen-bond acceptors (Lipinski definition) is 6. The average molecular weight is 372 g/mol. The molecule has 3 heterocycles. The molecule has 1 saturated heterocycles. The van der Waals surface area contributed by atoms with Gasteiger partial charge in [-0.25, -0.2) is 0 Å². The van der Waals surface area contributed by atoms with Crippen LogP contribution in [0, 0.1) is 18.3 Å². The van der Waals surface area contributed by atoms with Crippen LogP contribution in [0.3, 0.4) is 0 Å². The van der Waals surface area contributed by atoms with E-state index >= 15 is 0 Å². The molecular formula is C18H20N4O3S. The largest absolute Gasteiger partial charge is 0.459 e. The lowest BCUT2D eigenvalue weighted by Gasteiger charge is -2.31. The molecule has 0 bridgehead atoms. The number of rotatable bonds is 5. The van der Waals surface area contributed by atoms with Gasteiger partial charge in [-0.1, -0.05) is 0 Å². The molecule has 2 N–H and O–H groups in total. The molecule has 0 radical (unpaired) electrons. The first kappa shape index (κ1) is 18.2. The van der Waals surface area contributed by atoms with Crippen LogP contribution in [0.1, 0.15) is 34.5 Å². The second kappa shape index (κ2) is 8.17. The van der Waals surface area contributed by atoms with E-state index in [1.807, 2.05) is 6.92 Å². The molecule has 2 amide bonds. The van der Waals surface area contributed by atoms with Gasteiger partial charge in [0.2, 0.25) is 5.91 Å². The van der Waals surface area contributed by atoms with Gasteiger partial charge in [0.05, 0.1) is 18.4 Å². The molecule has 0 spiro atoms. The number of hydrogen-bond donors (Lipinski definition) is 2. The minimum absolute atomic E-state index is 0.0776. The Labute approximate surface area is 155 Å². The average Bonchev–Trinajstić information content (AvgIpc) is 3.25. The summed E-state index contributed by atoms with van der Waals surface area (Å²) in [5.41, 5.74) is 1.31. The topological polar surface area (TPSA) is 98.4 Å². The molecule has 1 aliphatic rings. The number of amides is 2. The van der Waals surface area contributed by atoms with Crippen molar-refractivity contribution in [3.63, 3.8) is 0 Å². The van der Waals surface area contributed by atoms with Crippen LogP contribution in [0.2, 0.25) is 0 Å². The molecule has 0 aliphatic carbocycles. The Bertz CT molecular complexity index is 828. The Morgan fingerprint density at radius 3 is 2.81 bits per heavy atom. The number of nitrogens with one attached hydrogen (secondary N) is 2. The first-order valence-electron chi connectivity index (χ1n) is 8.41. The lowest BCUT2D eigenvalue weighted by atomic mass is 10.0. The van der Waals surface area contributed by atoms with Gasteiger partial charge in [-0.3, -0.25) is 14.5 Å². The van der Waals surface area contributed by atoms with Crippen molar-refractivity contribution in [2.75, 3.05) is 25.0 Å². The molecule has 8 heteroatoms. The van der Waals surface area contributed by atoms with E-state index in [0.717, 1.165) is 31.5 Å². The summed E-state index contributed by atoms with van der Waals surface area (Å²) in [5.74, 6) is 0.0409. The predicted molar refractivity (Wildman–Crippen MR) is 98.0 cm³/mol. The number of carbonyl (C=O) groups is 2. The Morgan fingerprint density at radius 1 is 1.38 bits per heavy atom. The van der Waals surface area contributed by atoms with Crippen molar-refractivity contribution in [3.8, 4) is 6.07 Å². The number of carbonyl (C=O) groups excluding carboxylic acids is 2. The predicted octanol–water partition coefficient (Wildman–Crippen LogP) is 2.35. The number of piperidine rings is 1. The summed E-state index contributed by atoms with van der Waals surface area (Å²) >= 11 is 1.34. The van der Waals surface area contributed by atoms with Gasteiger partial charge < -0.3 is 15.1 Å². The second-order valence-electron chi connectivity index (χ2n) is 6.28. The van der Waals surface area contributed by atoms with Crippen LogP contribution in [-0.2, 0) is 4.79 Å². The summed E-state index contributed by atoms with van der Waals surface area (Å²) in [6.07, 6.45) is 3.07. The van der Waals surface area contributed by atoms with E-state index in [4.69, 9.17) is 9.68 Å². The van der Waals surface area contributed by atoms with Crippen molar-refractivity contribution in [2.45, 2.75) is 25.8 Å². The van der Waals surface area contributed by atoms with Gasteiger partial charge in [-0.15, -0.1) is 11.3 Å². The van der Waals surface area contributed by atoms with Crippen molar-refractivity contribution < 1.29 is 14.0 Å². The number of nitriles is 1. The standard InChI is InChI=1S/C18H20N4O3S/c1-12-4-8-25-16(12)17(24)20-14-2-6-22(7-3-14)11-15(23)21-18-13(10-19)5-9-26-18/h4-5,8-9,14H,2-3,6-7,11H2,1H3,(H,20,24)(H,21,23). The van der Waals surface area contributed by atoms with Crippen LogP contribution in [0.5, 0.6) is 0 Å². The summed E-state index contributed by atoms with van der Waals surface area (Å²) in [6, 6.07) is 5.59. The maximum absolute atomic E-state index is 12.2. The van der Waals surface area contributed by atoms with Crippen LogP contribution < -0.4 is 10.6 Å². The third-order valence-electron chi connectivity index (χ3n) is 4.40. The molecular weight excluding hydrogens is 352 g/mol. The minimum Gasteiger partial charge on any atom is -0.459 e. The summed E-state index contributed by atoms with van der Waals surface area (Å²) in [7, 11) is 0. The lowest BCUT2D eigenvalue weighted by molar-refractivity contribution is -0.117. The molecule has 2 aromatic rings. The number of furan rings is 1. The van der Waals surface area contributed by atoms with Crippen molar-refractivity contribution >= 4 is 28.2 Å². The van der Waals surface area contributed by atoms with Gasteiger partial charge in [-0.2, -0.15) is 5.26 Å². The highest BCUT2D eigenvalue weighted by Gasteiger charge is 2.24. The zero-order chi connectivity index (χ0) is 18.5. The van der Waals surface area contributed by atoms with Crippen molar-refractivity contribution in [3.05, 3.63) is 40.7 Å². The van der Waals surface area contributed by atoms with E-state index in [-0.39, 0.29) is 24.4 Å². The van der Waals surface area contributed by atoms with Crippen LogP contribution in [-0.4, -0.2) is 42.4 Å². The van der Waals surface area contributed by atoms with Gasteiger partial charge in [-0.05, 0) is 37.3 Å². The summed E-state index contributed by atoms with van der Waals surface area (Å²) in [5, 5.41) is 17.1. The number of likely N-dealkylation sites (tertiary alicyclic amines) is 1. The highest BCUT2D eigenvalue weighted by Crippen LogP contribution is 2.22. The lowest BCUT2D eigenvalue weighted by Crippen LogP contribution is -2.46. The zero-order valence-electron chi connectivity index (χ0n) is 14.4. The van der Waals surface area contributed by atoms with Crippen LogP contribution >= 0.6 is 11.3 Å². The zero-order valence-corrected chi connectivity index (χ0v) is 15.3. The van der Waals surface area contributed by atoms with Crippen LogP contribution in [0.4, 0.5) is 5.00 Å². The molecule has 0 saturated carbocycles. The molecule has 1 aliphatic heterocycles. The highest BCUT2D eigenvalue weighted by atomic mass is 32.1. The minimum atomic E-state index is -0.189. The van der Waals surface area contributed by atoms with E-state index in [0.29, 0.717) is 16.3 Å². The van der Waals surface area contributed by atoms with Gasteiger partial charge >= 0.3 is 0 Å². The Hall–Kier alpha value is -2.63. The van der Waals surface area contributed by atoms with Crippen LogP contribution in [0.25, 0.3) is 0 Å². The third kappa shape index (κ3) is 4.31. The normalized spacial score (nSPS) is 15.4. The van der Waals surface area contributed by atoms with Gasteiger partial charge in [0.1, 0.15) is 11.1 Å². The SMILES string of the molecule is Cc1ccoc1C(=O)NC1CCN(CC(=O)Nc2sccc2C#N)CC1. The molecule has 1 fully saturated rings. The summed E-state index contributed by atoms with van der Waals surface area (Å²) < 4.78 is 5.21. The fourth-order valence-electron chi connectivity index (χ4n) is 2.96. The molecule has 26 heavy (non-hydrogen) atoms. The third-order valence-corrected chi connectivity index (χ3v) is 5.23. The number of thiophene rings is 1. The Morgan fingerprint density at radius 2 is 2.15 bits per heavy atom. The van der Waals surface area contributed by atoms with Gasteiger partial charge in [0.15, 0.2) is 5.76 Å². The van der Waals surface area contributed by atoms with E-state index in [2.05, 4.69) is 21.6 Å². The van der Waals surface area contributed by atoms with E-state index in [9.17, 15) is 9.59 Å². The monoisotopic (exact) mass is 372 g/mol. The highest BCUT2D eigenvalue weighted by molar-refractivity contribution is 7.14. The van der Waals surface area contributed by atoms with Crippen molar-refractivity contribution in [1.29, 1.82) is 5.26 Å². The maximum Gasteiger partial charge on any atom is 0.287 e. The number of nitrogens with zero attached hydrogens (tertiary/aromatic N) is 2. The molecule has 0 atom stereocenters. The fraction of sp³-hybridized carbons (Fsp3) is 0.389. The molecule has 0 unspecified atom stereocenters. The second-order valence-corrected chi connectivity index (χ2v) is 7.20. The first-order chi connectivity index (χ1) is 12.6.